The maximum absolute atomic E-state index is 8.51. The summed E-state index contributed by atoms with van der Waals surface area (Å²) >= 11 is 0. The molecule has 0 saturated heterocycles. The largest absolute Gasteiger partial charge is 0.493 e. The van der Waals surface area contributed by atoms with Gasteiger partial charge in [0.05, 0.1) is 12.7 Å². The van der Waals surface area contributed by atoms with Gasteiger partial charge in [0, 0.05) is 6.42 Å². The second kappa shape index (κ2) is 6.96. The van der Waals surface area contributed by atoms with E-state index < -0.39 is 0 Å². The summed E-state index contributed by atoms with van der Waals surface area (Å²) in [4.78, 5) is 0. The fraction of sp³-hybridized carbons (Fsp3) is 0.533. The number of unbranched alkanes of at least 4 members (excludes halogenated alkanes) is 1. The van der Waals surface area contributed by atoms with E-state index >= 15 is 0 Å². The van der Waals surface area contributed by atoms with Crippen LogP contribution in [0.1, 0.15) is 37.8 Å². The van der Waals surface area contributed by atoms with Gasteiger partial charge in [0.25, 0.3) is 0 Å². The lowest BCUT2D eigenvalue weighted by molar-refractivity contribution is 0.271. The Hall–Kier alpha value is -1.49. The Balaban J connectivity index is 2.57. The molecule has 92 valence electrons. The first kappa shape index (κ1) is 13.6. The lowest BCUT2D eigenvalue weighted by Crippen LogP contribution is -2.04. The summed E-state index contributed by atoms with van der Waals surface area (Å²) in [6, 6.07) is 8.40. The summed E-state index contributed by atoms with van der Waals surface area (Å²) in [7, 11) is 0. The first-order chi connectivity index (χ1) is 8.13. The molecular weight excluding hydrogens is 210 g/mol. The van der Waals surface area contributed by atoms with E-state index in [-0.39, 0.29) is 0 Å². The molecule has 0 bridgehead atoms. The van der Waals surface area contributed by atoms with Gasteiger partial charge in [0.15, 0.2) is 0 Å². The van der Waals surface area contributed by atoms with Crippen molar-refractivity contribution in [2.75, 3.05) is 6.61 Å². The van der Waals surface area contributed by atoms with E-state index in [0.717, 1.165) is 25.2 Å². The zero-order valence-corrected chi connectivity index (χ0v) is 11.0. The standard InChI is InChI=1S/C15H21NO/c1-12(2)11-17-15-8-7-14(13(3)10-15)6-4-5-9-16/h7-8,10,12H,4-6,11H2,1-3H3. The smallest absolute Gasteiger partial charge is 0.119 e. The Morgan fingerprint density at radius 3 is 2.71 bits per heavy atom. The number of nitrogens with zero attached hydrogens (tertiary/aromatic N) is 1. The Labute approximate surface area is 104 Å². The van der Waals surface area contributed by atoms with Gasteiger partial charge in [-0.15, -0.1) is 0 Å². The van der Waals surface area contributed by atoms with Crippen LogP contribution < -0.4 is 4.74 Å². The number of rotatable bonds is 6. The molecule has 0 unspecified atom stereocenters. The molecule has 0 aromatic heterocycles. The maximum Gasteiger partial charge on any atom is 0.119 e. The van der Waals surface area contributed by atoms with Crippen LogP contribution in [0.4, 0.5) is 0 Å². The third-order valence-corrected chi connectivity index (χ3v) is 2.63. The molecule has 2 nitrogen and oxygen atoms in total. The van der Waals surface area contributed by atoms with E-state index in [4.69, 9.17) is 10.00 Å². The summed E-state index contributed by atoms with van der Waals surface area (Å²) in [5, 5.41) is 8.51. The topological polar surface area (TPSA) is 33.0 Å². The van der Waals surface area contributed by atoms with Gasteiger partial charge in [-0.2, -0.15) is 5.26 Å². The van der Waals surface area contributed by atoms with Gasteiger partial charge in [-0.1, -0.05) is 19.9 Å². The zero-order chi connectivity index (χ0) is 12.7. The zero-order valence-electron chi connectivity index (χ0n) is 11.0. The van der Waals surface area contributed by atoms with E-state index in [1.54, 1.807) is 0 Å². The Morgan fingerprint density at radius 2 is 2.12 bits per heavy atom. The molecule has 0 radical (unpaired) electrons. The number of hydrogen-bond donors (Lipinski definition) is 0. The van der Waals surface area contributed by atoms with Gasteiger partial charge in [0.2, 0.25) is 0 Å². The van der Waals surface area contributed by atoms with E-state index in [1.807, 2.05) is 6.07 Å². The molecular formula is C15H21NO. The van der Waals surface area contributed by atoms with Crippen LogP contribution in [0.3, 0.4) is 0 Å². The van der Waals surface area contributed by atoms with E-state index in [0.29, 0.717) is 12.3 Å². The molecule has 0 amide bonds. The van der Waals surface area contributed by atoms with E-state index in [2.05, 4.69) is 39.0 Å². The molecule has 0 heterocycles. The minimum atomic E-state index is 0.547. The van der Waals surface area contributed by atoms with Gasteiger partial charge >= 0.3 is 0 Å². The minimum Gasteiger partial charge on any atom is -0.493 e. The van der Waals surface area contributed by atoms with Crippen LogP contribution in [0.5, 0.6) is 5.75 Å². The van der Waals surface area contributed by atoms with Gasteiger partial charge < -0.3 is 4.74 Å². The highest BCUT2D eigenvalue weighted by Gasteiger charge is 2.02. The summed E-state index contributed by atoms with van der Waals surface area (Å²) in [6.07, 6.45) is 2.54. The maximum atomic E-state index is 8.51. The average Bonchev–Trinajstić information content (AvgIpc) is 2.29. The van der Waals surface area contributed by atoms with Crippen molar-refractivity contribution >= 4 is 0 Å². The van der Waals surface area contributed by atoms with Crippen molar-refractivity contribution < 1.29 is 4.74 Å². The van der Waals surface area contributed by atoms with E-state index in [9.17, 15) is 0 Å². The highest BCUT2D eigenvalue weighted by Crippen LogP contribution is 2.19. The highest BCUT2D eigenvalue weighted by atomic mass is 16.5. The fourth-order valence-electron chi connectivity index (χ4n) is 1.66. The van der Waals surface area contributed by atoms with Crippen molar-refractivity contribution in [3.05, 3.63) is 29.3 Å². The molecule has 0 N–H and O–H groups in total. The van der Waals surface area contributed by atoms with Crippen molar-refractivity contribution in [3.63, 3.8) is 0 Å². The lowest BCUT2D eigenvalue weighted by Gasteiger charge is -2.11. The van der Waals surface area contributed by atoms with Crippen molar-refractivity contribution in [2.24, 2.45) is 5.92 Å². The first-order valence-electron chi connectivity index (χ1n) is 6.22. The molecule has 0 aliphatic rings. The van der Waals surface area contributed by atoms with Crippen molar-refractivity contribution in [3.8, 4) is 11.8 Å². The summed E-state index contributed by atoms with van der Waals surface area (Å²) in [5.41, 5.74) is 2.57. The highest BCUT2D eigenvalue weighted by molar-refractivity contribution is 5.34. The van der Waals surface area contributed by atoms with Gasteiger partial charge in [-0.3, -0.25) is 0 Å². The number of nitriles is 1. The predicted molar refractivity (Wildman–Crippen MR) is 70.1 cm³/mol. The van der Waals surface area contributed by atoms with Crippen LogP contribution in [0.25, 0.3) is 0 Å². The molecule has 2 heteroatoms. The first-order valence-corrected chi connectivity index (χ1v) is 6.22. The second-order valence-electron chi connectivity index (χ2n) is 4.80. The molecule has 1 aromatic carbocycles. The van der Waals surface area contributed by atoms with Crippen LogP contribution >= 0.6 is 0 Å². The Bertz CT molecular complexity index is 390. The normalized spacial score (nSPS) is 10.3. The summed E-state index contributed by atoms with van der Waals surface area (Å²) in [6.45, 7) is 7.14. The monoisotopic (exact) mass is 231 g/mol. The Kier molecular flexibility index (Phi) is 5.56. The van der Waals surface area contributed by atoms with Crippen LogP contribution in [0, 0.1) is 24.2 Å². The second-order valence-corrected chi connectivity index (χ2v) is 4.80. The van der Waals surface area contributed by atoms with Crippen LogP contribution in [-0.4, -0.2) is 6.61 Å². The SMILES string of the molecule is Cc1cc(OCC(C)C)ccc1CCCC#N. The van der Waals surface area contributed by atoms with Crippen LogP contribution in [0.15, 0.2) is 18.2 Å². The fourth-order valence-corrected chi connectivity index (χ4v) is 1.66. The Morgan fingerprint density at radius 1 is 1.35 bits per heavy atom. The van der Waals surface area contributed by atoms with Gasteiger partial charge in [0.1, 0.15) is 5.75 Å². The number of aryl methyl sites for hydroxylation is 2. The molecule has 0 aliphatic carbocycles. The number of ether oxygens (including phenoxy) is 1. The molecule has 1 aromatic rings. The third kappa shape index (κ3) is 4.91. The predicted octanol–water partition coefficient (Wildman–Crippen LogP) is 3.88. The molecule has 1 rings (SSSR count). The molecule has 0 spiro atoms. The quantitative estimate of drug-likeness (QED) is 0.696. The van der Waals surface area contributed by atoms with Crippen molar-refractivity contribution in [1.29, 1.82) is 5.26 Å². The van der Waals surface area contributed by atoms with Crippen LogP contribution in [-0.2, 0) is 6.42 Å². The number of benzene rings is 1. The minimum absolute atomic E-state index is 0.547. The molecule has 0 aliphatic heterocycles. The van der Waals surface area contributed by atoms with Gasteiger partial charge in [-0.05, 0) is 48.9 Å². The lowest BCUT2D eigenvalue weighted by atomic mass is 10.0. The molecule has 0 saturated carbocycles. The average molecular weight is 231 g/mol. The van der Waals surface area contributed by atoms with E-state index in [1.165, 1.54) is 11.1 Å². The number of hydrogen-bond acceptors (Lipinski definition) is 2. The van der Waals surface area contributed by atoms with Gasteiger partial charge in [-0.25, -0.2) is 0 Å². The van der Waals surface area contributed by atoms with Crippen molar-refractivity contribution in [2.45, 2.75) is 40.0 Å². The summed E-state index contributed by atoms with van der Waals surface area (Å²) < 4.78 is 5.68. The third-order valence-electron chi connectivity index (χ3n) is 2.63. The molecule has 0 atom stereocenters. The van der Waals surface area contributed by atoms with Crippen LogP contribution in [0.2, 0.25) is 0 Å². The van der Waals surface area contributed by atoms with Crippen molar-refractivity contribution in [1.82, 2.24) is 0 Å². The molecule has 0 fully saturated rings. The summed E-state index contributed by atoms with van der Waals surface area (Å²) in [5.74, 6) is 1.49. The molecule has 17 heavy (non-hydrogen) atoms.